The molecule has 0 aliphatic carbocycles. The van der Waals surface area contributed by atoms with E-state index in [4.69, 9.17) is 32.9 Å². The van der Waals surface area contributed by atoms with Crippen LogP contribution in [-0.4, -0.2) is 56.7 Å². The van der Waals surface area contributed by atoms with Crippen molar-refractivity contribution in [1.29, 1.82) is 0 Å². The first kappa shape index (κ1) is 30.3. The zero-order valence-corrected chi connectivity index (χ0v) is 26.9. The second kappa shape index (κ2) is 12.4. The van der Waals surface area contributed by atoms with Gasteiger partial charge in [-0.25, -0.2) is 14.0 Å². The van der Waals surface area contributed by atoms with Gasteiger partial charge in [0, 0.05) is 47.7 Å². The van der Waals surface area contributed by atoms with Crippen molar-refractivity contribution in [2.45, 2.75) is 6.42 Å². The first-order valence-electron chi connectivity index (χ1n) is 14.7. The van der Waals surface area contributed by atoms with Crippen LogP contribution < -0.4 is 13.9 Å². The number of aromatic nitrogens is 2. The van der Waals surface area contributed by atoms with Crippen LogP contribution in [0.3, 0.4) is 0 Å². The molecule has 3 heterocycles. The van der Waals surface area contributed by atoms with E-state index in [1.54, 1.807) is 36.4 Å². The van der Waals surface area contributed by atoms with Gasteiger partial charge in [0.25, 0.3) is 5.91 Å². The molecular formula is C34H29Cl2N5O4S. The van der Waals surface area contributed by atoms with Crippen LogP contribution in [0.5, 0.6) is 0 Å². The van der Waals surface area contributed by atoms with Crippen LogP contribution in [0.15, 0.2) is 97.2 Å². The molecule has 0 spiro atoms. The maximum absolute atomic E-state index is 12.3. The Balaban J connectivity index is 1.17. The molecule has 2 aliphatic rings. The molecule has 1 amide bonds. The lowest BCUT2D eigenvalue weighted by molar-refractivity contribution is -0.117. The molecule has 4 aromatic carbocycles. The van der Waals surface area contributed by atoms with Gasteiger partial charge in [-0.2, -0.15) is 8.42 Å². The van der Waals surface area contributed by atoms with E-state index in [0.29, 0.717) is 27.8 Å². The van der Waals surface area contributed by atoms with E-state index in [0.717, 1.165) is 64.4 Å². The molecule has 12 heteroatoms. The molecule has 2 fully saturated rings. The highest BCUT2D eigenvalue weighted by molar-refractivity contribution is 7.92. The van der Waals surface area contributed by atoms with Crippen molar-refractivity contribution < 1.29 is 17.9 Å². The van der Waals surface area contributed by atoms with Crippen molar-refractivity contribution in [2.24, 2.45) is 0 Å². The third-order valence-electron chi connectivity index (χ3n) is 8.12. The molecule has 0 unspecified atom stereocenters. The van der Waals surface area contributed by atoms with Crippen molar-refractivity contribution in [2.75, 3.05) is 42.1 Å². The van der Waals surface area contributed by atoms with E-state index in [9.17, 15) is 13.2 Å². The SMILES string of the molecule is O=C1CN(c2ccc(-n3cc(-c4ccc(Cl)cc4Cl)nc3Cc3ccc(-c4ccc(N5CCOCC5)cc4)cc3)cc2)S(=O)(=O)N1. The summed E-state index contributed by atoms with van der Waals surface area (Å²) in [6.07, 6.45) is 2.43. The Labute approximate surface area is 277 Å². The normalized spacial score (nSPS) is 16.1. The Hall–Kier alpha value is -4.35. The minimum atomic E-state index is -3.90. The second-order valence-electron chi connectivity index (χ2n) is 11.1. The molecule has 9 nitrogen and oxygen atoms in total. The fraction of sp³-hybridized carbons (Fsp3) is 0.176. The number of hydrogen-bond acceptors (Lipinski definition) is 6. The summed E-state index contributed by atoms with van der Waals surface area (Å²) in [4.78, 5) is 19.0. The molecule has 5 aromatic rings. The molecule has 0 bridgehead atoms. The number of nitrogens with one attached hydrogen (secondary N) is 1. The topological polar surface area (TPSA) is 96.8 Å². The highest BCUT2D eigenvalue weighted by atomic mass is 35.5. The molecule has 0 atom stereocenters. The fourth-order valence-electron chi connectivity index (χ4n) is 5.73. The average molecular weight is 675 g/mol. The molecule has 46 heavy (non-hydrogen) atoms. The fourth-order valence-corrected chi connectivity index (χ4v) is 7.39. The van der Waals surface area contributed by atoms with Gasteiger partial charge in [-0.3, -0.25) is 4.79 Å². The summed E-state index contributed by atoms with van der Waals surface area (Å²) in [5.74, 6) is 0.198. The number of nitrogens with zero attached hydrogens (tertiary/aromatic N) is 4. The molecule has 2 aliphatic heterocycles. The Bertz CT molecular complexity index is 2010. The van der Waals surface area contributed by atoms with E-state index < -0.39 is 16.1 Å². The lowest BCUT2D eigenvalue weighted by atomic mass is 10.0. The van der Waals surface area contributed by atoms with Crippen LogP contribution in [0.4, 0.5) is 11.4 Å². The Morgan fingerprint density at radius 1 is 0.804 bits per heavy atom. The minimum absolute atomic E-state index is 0.259. The largest absolute Gasteiger partial charge is 0.378 e. The summed E-state index contributed by atoms with van der Waals surface area (Å²) in [5, 5.41) is 1.02. The molecular weight excluding hydrogens is 645 g/mol. The monoisotopic (exact) mass is 673 g/mol. The van der Waals surface area contributed by atoms with Crippen LogP contribution >= 0.6 is 23.2 Å². The summed E-state index contributed by atoms with van der Waals surface area (Å²) < 4.78 is 35.2. The first-order valence-corrected chi connectivity index (χ1v) is 16.9. The van der Waals surface area contributed by atoms with Gasteiger partial charge in [-0.1, -0.05) is 59.6 Å². The van der Waals surface area contributed by atoms with Crippen LogP contribution in [-0.2, 0) is 26.2 Å². The van der Waals surface area contributed by atoms with Crippen molar-refractivity contribution in [3.8, 4) is 28.1 Å². The number of benzene rings is 4. The number of imidazole rings is 1. The second-order valence-corrected chi connectivity index (χ2v) is 13.5. The number of carbonyl (C=O) groups excluding carboxylic acids is 1. The zero-order chi connectivity index (χ0) is 31.8. The van der Waals surface area contributed by atoms with Crippen molar-refractivity contribution in [3.05, 3.63) is 119 Å². The highest BCUT2D eigenvalue weighted by Crippen LogP contribution is 2.32. The number of hydrogen-bond donors (Lipinski definition) is 1. The van der Waals surface area contributed by atoms with Gasteiger partial charge in [0.05, 0.1) is 29.6 Å². The van der Waals surface area contributed by atoms with E-state index in [-0.39, 0.29) is 6.54 Å². The van der Waals surface area contributed by atoms with E-state index >= 15 is 0 Å². The number of rotatable bonds is 7. The lowest BCUT2D eigenvalue weighted by Crippen LogP contribution is -2.36. The quantitative estimate of drug-likeness (QED) is 0.224. The van der Waals surface area contributed by atoms with Crippen LogP contribution in [0, 0.1) is 0 Å². The molecule has 2 saturated heterocycles. The molecule has 0 saturated carbocycles. The number of carbonyl (C=O) groups is 1. The van der Waals surface area contributed by atoms with Gasteiger partial charge in [0.2, 0.25) is 0 Å². The van der Waals surface area contributed by atoms with Gasteiger partial charge >= 0.3 is 10.2 Å². The maximum Gasteiger partial charge on any atom is 0.326 e. The molecule has 1 N–H and O–H groups in total. The highest BCUT2D eigenvalue weighted by Gasteiger charge is 2.34. The average Bonchev–Trinajstić information content (AvgIpc) is 3.60. The summed E-state index contributed by atoms with van der Waals surface area (Å²) in [6.45, 7) is 3.05. The van der Waals surface area contributed by atoms with Crippen LogP contribution in [0.1, 0.15) is 11.4 Å². The Kier molecular flexibility index (Phi) is 8.20. The third kappa shape index (κ3) is 6.21. The van der Waals surface area contributed by atoms with Gasteiger partial charge in [0.15, 0.2) is 0 Å². The number of halogens is 2. The number of ether oxygens (including phenoxy) is 1. The first-order chi connectivity index (χ1) is 22.2. The Morgan fingerprint density at radius 2 is 1.43 bits per heavy atom. The van der Waals surface area contributed by atoms with E-state index in [1.165, 1.54) is 5.69 Å². The molecule has 234 valence electrons. The lowest BCUT2D eigenvalue weighted by Gasteiger charge is -2.28. The van der Waals surface area contributed by atoms with Crippen molar-refractivity contribution in [3.63, 3.8) is 0 Å². The summed E-state index contributed by atoms with van der Waals surface area (Å²) >= 11 is 12.7. The van der Waals surface area contributed by atoms with Crippen molar-refractivity contribution in [1.82, 2.24) is 14.3 Å². The smallest absolute Gasteiger partial charge is 0.326 e. The van der Waals surface area contributed by atoms with E-state index in [2.05, 4.69) is 53.4 Å². The van der Waals surface area contributed by atoms with Gasteiger partial charge in [0.1, 0.15) is 12.4 Å². The standard InChI is InChI=1S/C34H29Cl2N5O4S/c35-26-7-14-30(31(36)20-26)32-21-40(28-10-12-29(13-11-28)41-22-34(42)38-46(41,43)44)33(37-32)19-23-1-3-24(4-2-23)25-5-8-27(9-6-25)39-15-17-45-18-16-39/h1-14,20-21H,15-19,22H2,(H,38,42). The predicted octanol–water partition coefficient (Wildman–Crippen LogP) is 6.12. The minimum Gasteiger partial charge on any atom is -0.378 e. The summed E-state index contributed by atoms with van der Waals surface area (Å²) in [5.41, 5.74) is 7.11. The number of morpholine rings is 1. The van der Waals surface area contributed by atoms with Gasteiger partial charge in [-0.05, 0) is 71.3 Å². The van der Waals surface area contributed by atoms with Gasteiger partial charge in [-0.15, -0.1) is 0 Å². The third-order valence-corrected chi connectivity index (χ3v) is 10.1. The summed E-state index contributed by atoms with van der Waals surface area (Å²) in [7, 11) is -3.90. The van der Waals surface area contributed by atoms with Gasteiger partial charge < -0.3 is 14.2 Å². The maximum atomic E-state index is 12.3. The van der Waals surface area contributed by atoms with Crippen LogP contribution in [0.2, 0.25) is 10.0 Å². The molecule has 1 aromatic heterocycles. The Morgan fingerprint density at radius 3 is 2.07 bits per heavy atom. The molecule has 7 rings (SSSR count). The number of anilines is 2. The van der Waals surface area contributed by atoms with Crippen molar-refractivity contribution >= 4 is 50.7 Å². The molecule has 0 radical (unpaired) electrons. The van der Waals surface area contributed by atoms with Crippen LogP contribution in [0.25, 0.3) is 28.1 Å². The number of amides is 1. The summed E-state index contributed by atoms with van der Waals surface area (Å²) in [6, 6.07) is 29.3. The predicted molar refractivity (Wildman–Crippen MR) is 181 cm³/mol. The zero-order valence-electron chi connectivity index (χ0n) is 24.6. The van der Waals surface area contributed by atoms with E-state index in [1.807, 2.05) is 21.6 Å².